The van der Waals surface area contributed by atoms with E-state index in [4.69, 9.17) is 21.1 Å². The van der Waals surface area contributed by atoms with Gasteiger partial charge in [-0.2, -0.15) is 0 Å². The van der Waals surface area contributed by atoms with Crippen LogP contribution in [-0.4, -0.2) is 24.5 Å². The molecule has 36 heavy (non-hydrogen) atoms. The highest BCUT2D eigenvalue weighted by Gasteiger charge is 2.37. The summed E-state index contributed by atoms with van der Waals surface area (Å²) in [7, 11) is 0. The van der Waals surface area contributed by atoms with Gasteiger partial charge in [0.25, 0.3) is 11.8 Å². The number of hydrogen-bond donors (Lipinski definition) is 1. The number of nitrogens with one attached hydrogen (secondary N) is 1. The van der Waals surface area contributed by atoms with Gasteiger partial charge >= 0.3 is 6.03 Å². The number of barbiturate groups is 1. The number of halogens is 1. The topological polar surface area (TPSA) is 84.9 Å². The molecule has 0 aliphatic carbocycles. The standard InChI is InChI=1S/C28H25ClN2O5/c1-4-35-25-15-20(8-12-24(25)36-16-19-6-9-21(29)10-7-19)14-23-26(32)30-28(34)31(27(23)33)22-11-5-17(2)18(3)13-22/h5-15H,4,16H2,1-3H3,(H,30,32,34)/b23-14+. The first-order chi connectivity index (χ1) is 17.3. The van der Waals surface area contributed by atoms with Gasteiger partial charge in [0.1, 0.15) is 12.2 Å². The quantitative estimate of drug-likeness (QED) is 0.334. The minimum atomic E-state index is -0.786. The van der Waals surface area contributed by atoms with E-state index in [0.29, 0.717) is 41.0 Å². The Morgan fingerprint density at radius 2 is 1.64 bits per heavy atom. The molecule has 1 saturated heterocycles. The minimum Gasteiger partial charge on any atom is -0.490 e. The van der Waals surface area contributed by atoms with Gasteiger partial charge in [-0.05, 0) is 85.5 Å². The maximum Gasteiger partial charge on any atom is 0.335 e. The van der Waals surface area contributed by atoms with Crippen LogP contribution in [0, 0.1) is 13.8 Å². The fourth-order valence-electron chi connectivity index (χ4n) is 3.67. The summed E-state index contributed by atoms with van der Waals surface area (Å²) < 4.78 is 11.7. The summed E-state index contributed by atoms with van der Waals surface area (Å²) in [6, 6.07) is 16.9. The van der Waals surface area contributed by atoms with Crippen LogP contribution in [0.25, 0.3) is 6.08 Å². The lowest BCUT2D eigenvalue weighted by molar-refractivity contribution is -0.122. The number of carbonyl (C=O) groups is 3. The molecule has 184 valence electrons. The number of anilines is 1. The predicted molar refractivity (Wildman–Crippen MR) is 138 cm³/mol. The third-order valence-corrected chi connectivity index (χ3v) is 5.99. The summed E-state index contributed by atoms with van der Waals surface area (Å²) in [5.41, 5.74) is 3.66. The van der Waals surface area contributed by atoms with Gasteiger partial charge in [0.15, 0.2) is 11.5 Å². The Morgan fingerprint density at radius 3 is 2.33 bits per heavy atom. The van der Waals surface area contributed by atoms with Crippen molar-refractivity contribution in [2.24, 2.45) is 0 Å². The van der Waals surface area contributed by atoms with E-state index in [1.54, 1.807) is 42.5 Å². The molecule has 1 heterocycles. The van der Waals surface area contributed by atoms with E-state index in [-0.39, 0.29) is 5.57 Å². The van der Waals surface area contributed by atoms with E-state index in [1.807, 2.05) is 39.0 Å². The molecule has 3 aromatic rings. The highest BCUT2D eigenvalue weighted by atomic mass is 35.5. The van der Waals surface area contributed by atoms with Crippen LogP contribution in [0.4, 0.5) is 10.5 Å². The van der Waals surface area contributed by atoms with E-state index >= 15 is 0 Å². The molecular formula is C28H25ClN2O5. The van der Waals surface area contributed by atoms with Gasteiger partial charge in [0.2, 0.25) is 0 Å². The third kappa shape index (κ3) is 5.42. The van der Waals surface area contributed by atoms with Gasteiger partial charge in [0.05, 0.1) is 12.3 Å². The Kier molecular flexibility index (Phi) is 7.41. The zero-order chi connectivity index (χ0) is 25.8. The number of hydrogen-bond acceptors (Lipinski definition) is 5. The summed E-state index contributed by atoms with van der Waals surface area (Å²) >= 11 is 5.94. The van der Waals surface area contributed by atoms with Crippen molar-refractivity contribution in [2.75, 3.05) is 11.5 Å². The Balaban J connectivity index is 1.61. The van der Waals surface area contributed by atoms with Crippen molar-refractivity contribution in [3.05, 3.63) is 93.5 Å². The number of nitrogens with zero attached hydrogens (tertiary/aromatic N) is 1. The zero-order valence-corrected chi connectivity index (χ0v) is 20.9. The van der Waals surface area contributed by atoms with E-state index in [1.165, 1.54) is 6.08 Å². The van der Waals surface area contributed by atoms with Crippen LogP contribution in [0.15, 0.2) is 66.2 Å². The van der Waals surface area contributed by atoms with Crippen LogP contribution < -0.4 is 19.7 Å². The van der Waals surface area contributed by atoms with Crippen LogP contribution >= 0.6 is 11.6 Å². The van der Waals surface area contributed by atoms with Crippen molar-refractivity contribution < 1.29 is 23.9 Å². The van der Waals surface area contributed by atoms with Crippen molar-refractivity contribution in [3.8, 4) is 11.5 Å². The Morgan fingerprint density at radius 1 is 0.889 bits per heavy atom. The molecule has 0 saturated carbocycles. The molecule has 4 rings (SSSR count). The average molecular weight is 505 g/mol. The van der Waals surface area contributed by atoms with Crippen molar-refractivity contribution in [1.29, 1.82) is 0 Å². The molecule has 1 aliphatic heterocycles. The van der Waals surface area contributed by atoms with Crippen LogP contribution in [-0.2, 0) is 16.2 Å². The molecule has 0 bridgehead atoms. The molecule has 1 fully saturated rings. The third-order valence-electron chi connectivity index (χ3n) is 5.74. The van der Waals surface area contributed by atoms with Crippen molar-refractivity contribution in [2.45, 2.75) is 27.4 Å². The molecule has 7 nitrogen and oxygen atoms in total. The summed E-state index contributed by atoms with van der Waals surface area (Å²) in [6.07, 6.45) is 1.43. The van der Waals surface area contributed by atoms with Gasteiger partial charge in [-0.25, -0.2) is 9.69 Å². The first kappa shape index (κ1) is 25.0. The average Bonchev–Trinajstić information content (AvgIpc) is 2.84. The molecular weight excluding hydrogens is 480 g/mol. The number of amides is 4. The summed E-state index contributed by atoms with van der Waals surface area (Å²) in [5.74, 6) is -0.481. The van der Waals surface area contributed by atoms with Crippen LogP contribution in [0.5, 0.6) is 11.5 Å². The number of aryl methyl sites for hydroxylation is 2. The Labute approximate surface area is 214 Å². The van der Waals surface area contributed by atoms with E-state index in [9.17, 15) is 14.4 Å². The van der Waals surface area contributed by atoms with Crippen LogP contribution in [0.3, 0.4) is 0 Å². The second-order valence-corrected chi connectivity index (χ2v) is 8.72. The van der Waals surface area contributed by atoms with Crippen molar-refractivity contribution in [1.82, 2.24) is 5.32 Å². The number of carbonyl (C=O) groups excluding carboxylic acids is 3. The van der Waals surface area contributed by atoms with Crippen LogP contribution in [0.1, 0.15) is 29.2 Å². The molecule has 0 aromatic heterocycles. The lowest BCUT2D eigenvalue weighted by Crippen LogP contribution is -2.54. The summed E-state index contributed by atoms with van der Waals surface area (Å²) in [4.78, 5) is 39.3. The van der Waals surface area contributed by atoms with Gasteiger partial charge in [-0.1, -0.05) is 35.9 Å². The first-order valence-electron chi connectivity index (χ1n) is 11.4. The van der Waals surface area contributed by atoms with E-state index in [2.05, 4.69) is 5.32 Å². The second-order valence-electron chi connectivity index (χ2n) is 8.28. The number of rotatable bonds is 7. The summed E-state index contributed by atoms with van der Waals surface area (Å²) in [5, 5.41) is 2.89. The van der Waals surface area contributed by atoms with Crippen molar-refractivity contribution >= 4 is 41.2 Å². The van der Waals surface area contributed by atoms with Gasteiger partial charge < -0.3 is 9.47 Å². The molecule has 8 heteroatoms. The second kappa shape index (κ2) is 10.7. The highest BCUT2D eigenvalue weighted by Crippen LogP contribution is 2.31. The molecule has 0 spiro atoms. The monoisotopic (exact) mass is 504 g/mol. The Hall–Kier alpha value is -4.10. The number of benzene rings is 3. The van der Waals surface area contributed by atoms with Gasteiger partial charge in [-0.3, -0.25) is 14.9 Å². The fraction of sp³-hybridized carbons (Fsp3) is 0.179. The summed E-state index contributed by atoms with van der Waals surface area (Å²) in [6.45, 7) is 6.38. The largest absolute Gasteiger partial charge is 0.490 e. The van der Waals surface area contributed by atoms with E-state index in [0.717, 1.165) is 21.6 Å². The number of imide groups is 2. The normalized spacial score (nSPS) is 14.7. The molecule has 0 atom stereocenters. The minimum absolute atomic E-state index is 0.162. The molecule has 0 radical (unpaired) electrons. The lowest BCUT2D eigenvalue weighted by Gasteiger charge is -2.27. The molecule has 4 amide bonds. The predicted octanol–water partition coefficient (Wildman–Crippen LogP) is 5.60. The lowest BCUT2D eigenvalue weighted by atomic mass is 10.0. The zero-order valence-electron chi connectivity index (χ0n) is 20.1. The smallest absolute Gasteiger partial charge is 0.335 e. The molecule has 1 aliphatic rings. The van der Waals surface area contributed by atoms with Gasteiger partial charge in [-0.15, -0.1) is 0 Å². The maximum atomic E-state index is 13.2. The first-order valence-corrected chi connectivity index (χ1v) is 11.8. The van der Waals surface area contributed by atoms with Gasteiger partial charge in [0, 0.05) is 5.02 Å². The Bertz CT molecular complexity index is 1360. The van der Waals surface area contributed by atoms with E-state index < -0.39 is 17.8 Å². The highest BCUT2D eigenvalue weighted by molar-refractivity contribution is 6.39. The van der Waals surface area contributed by atoms with Crippen molar-refractivity contribution in [3.63, 3.8) is 0 Å². The van der Waals surface area contributed by atoms with Crippen LogP contribution in [0.2, 0.25) is 5.02 Å². The fourth-order valence-corrected chi connectivity index (χ4v) is 3.79. The maximum absolute atomic E-state index is 13.2. The molecule has 1 N–H and O–H groups in total. The molecule has 0 unspecified atom stereocenters. The number of urea groups is 1. The number of ether oxygens (including phenoxy) is 2. The SMILES string of the molecule is CCOc1cc(/C=C2\C(=O)NC(=O)N(c3ccc(C)c(C)c3)C2=O)ccc1OCc1ccc(Cl)cc1. The molecule has 3 aromatic carbocycles.